The molecule has 0 saturated carbocycles. The van der Waals surface area contributed by atoms with Crippen LogP contribution >= 0.6 is 0 Å². The number of benzene rings is 1. The Morgan fingerprint density at radius 3 is 2.33 bits per heavy atom. The maximum absolute atomic E-state index is 5.35. The molecule has 0 radical (unpaired) electrons. The fourth-order valence-corrected chi connectivity index (χ4v) is 1.08. The van der Waals surface area contributed by atoms with Crippen molar-refractivity contribution in [2.24, 2.45) is 0 Å². The van der Waals surface area contributed by atoms with E-state index in [1.54, 1.807) is 0 Å². The lowest BCUT2D eigenvalue weighted by molar-refractivity contribution is 0.915. The first-order valence-corrected chi connectivity index (χ1v) is 3.83. The first-order chi connectivity index (χ1) is 5.88. The van der Waals surface area contributed by atoms with Crippen molar-refractivity contribution in [3.8, 4) is 24.7 Å². The Morgan fingerprint density at radius 1 is 1.17 bits per heavy atom. The fraction of sp³-hybridized carbons (Fsp3) is 0.167. The average Bonchev–Trinajstić information content (AvgIpc) is 2.15. The zero-order valence-corrected chi connectivity index (χ0v) is 6.83. The summed E-state index contributed by atoms with van der Waals surface area (Å²) in [5.74, 6) is 5.32. The third-order valence-corrected chi connectivity index (χ3v) is 1.73. The Kier molecular flexibility index (Phi) is 3.00. The van der Waals surface area contributed by atoms with E-state index < -0.39 is 0 Å². The van der Waals surface area contributed by atoms with E-state index in [1.165, 1.54) is 0 Å². The minimum absolute atomic E-state index is 0.0659. The van der Waals surface area contributed by atoms with Gasteiger partial charge < -0.3 is 0 Å². The van der Waals surface area contributed by atoms with Crippen molar-refractivity contribution in [1.82, 2.24) is 0 Å². The van der Waals surface area contributed by atoms with Gasteiger partial charge >= 0.3 is 0 Å². The summed E-state index contributed by atoms with van der Waals surface area (Å²) in [6.45, 7) is 0. The zero-order valence-electron chi connectivity index (χ0n) is 6.83. The molecule has 1 atom stereocenters. The van der Waals surface area contributed by atoms with Gasteiger partial charge in [0, 0.05) is 6.42 Å². The molecule has 0 heterocycles. The lowest BCUT2D eigenvalue weighted by Crippen LogP contribution is -1.92. The second-order valence-corrected chi connectivity index (χ2v) is 2.54. The second-order valence-electron chi connectivity index (χ2n) is 2.54. The second kappa shape index (κ2) is 4.27. The van der Waals surface area contributed by atoms with Crippen LogP contribution in [0.15, 0.2) is 30.3 Å². The minimum atomic E-state index is 0.0659. The molecule has 0 aliphatic carbocycles. The molecule has 0 nitrogen and oxygen atoms in total. The van der Waals surface area contributed by atoms with Crippen LogP contribution in [0.25, 0.3) is 0 Å². The van der Waals surface area contributed by atoms with E-state index in [-0.39, 0.29) is 5.92 Å². The van der Waals surface area contributed by atoms with Crippen LogP contribution in [0.4, 0.5) is 0 Å². The molecule has 0 unspecified atom stereocenters. The van der Waals surface area contributed by atoms with E-state index in [4.69, 9.17) is 12.8 Å². The predicted octanol–water partition coefficient (Wildman–Crippen LogP) is 2.43. The number of hydrogen-bond donors (Lipinski definition) is 0. The summed E-state index contributed by atoms with van der Waals surface area (Å²) in [5.41, 5.74) is 1.12. The Labute approximate surface area is 73.6 Å². The summed E-state index contributed by atoms with van der Waals surface area (Å²) >= 11 is 0. The monoisotopic (exact) mass is 154 g/mol. The third kappa shape index (κ3) is 1.91. The molecule has 0 saturated heterocycles. The van der Waals surface area contributed by atoms with Crippen LogP contribution in [0, 0.1) is 24.7 Å². The van der Waals surface area contributed by atoms with E-state index in [2.05, 4.69) is 11.8 Å². The average molecular weight is 154 g/mol. The first-order valence-electron chi connectivity index (χ1n) is 3.83. The molecule has 1 aromatic carbocycles. The topological polar surface area (TPSA) is 0 Å². The third-order valence-electron chi connectivity index (χ3n) is 1.73. The van der Waals surface area contributed by atoms with Gasteiger partial charge in [-0.2, -0.15) is 0 Å². The summed E-state index contributed by atoms with van der Waals surface area (Å²) in [4.78, 5) is 0. The molecule has 0 heteroatoms. The van der Waals surface area contributed by atoms with E-state index >= 15 is 0 Å². The van der Waals surface area contributed by atoms with Crippen molar-refractivity contribution in [2.75, 3.05) is 0 Å². The first kappa shape index (κ1) is 8.44. The summed E-state index contributed by atoms with van der Waals surface area (Å²) < 4.78 is 0. The maximum atomic E-state index is 5.35. The van der Waals surface area contributed by atoms with Gasteiger partial charge in [0.1, 0.15) is 0 Å². The molecule has 1 aromatic rings. The lowest BCUT2D eigenvalue weighted by Gasteiger charge is -2.05. The van der Waals surface area contributed by atoms with Gasteiger partial charge in [-0.05, 0) is 5.56 Å². The largest absolute Gasteiger partial charge is 0.120 e. The fourth-order valence-electron chi connectivity index (χ4n) is 1.08. The molecule has 0 aliphatic rings. The van der Waals surface area contributed by atoms with Crippen molar-refractivity contribution in [3.05, 3.63) is 35.9 Å². The van der Waals surface area contributed by atoms with Crippen LogP contribution in [0.1, 0.15) is 17.9 Å². The van der Waals surface area contributed by atoms with Gasteiger partial charge in [-0.25, -0.2) is 0 Å². The van der Waals surface area contributed by atoms with Crippen LogP contribution in [0.2, 0.25) is 0 Å². The van der Waals surface area contributed by atoms with Gasteiger partial charge in [-0.3, -0.25) is 0 Å². The number of rotatable bonds is 2. The molecule has 0 N–H and O–H groups in total. The Balaban J connectivity index is 2.84. The molecule has 0 bridgehead atoms. The molecule has 1 rings (SSSR count). The van der Waals surface area contributed by atoms with Gasteiger partial charge in [0.25, 0.3) is 0 Å². The van der Waals surface area contributed by atoms with Crippen LogP contribution in [0.3, 0.4) is 0 Å². The van der Waals surface area contributed by atoms with Crippen molar-refractivity contribution < 1.29 is 0 Å². The smallest absolute Gasteiger partial charge is 0.0558 e. The summed E-state index contributed by atoms with van der Waals surface area (Å²) in [7, 11) is 0. The van der Waals surface area contributed by atoms with Crippen LogP contribution < -0.4 is 0 Å². The van der Waals surface area contributed by atoms with Crippen LogP contribution in [-0.2, 0) is 0 Å². The highest BCUT2D eigenvalue weighted by Gasteiger charge is 2.04. The highest BCUT2D eigenvalue weighted by atomic mass is 14.1. The van der Waals surface area contributed by atoms with Gasteiger partial charge in [0.15, 0.2) is 0 Å². The molecule has 0 spiro atoms. The molecular formula is C12H10. The van der Waals surface area contributed by atoms with Gasteiger partial charge in [-0.1, -0.05) is 36.3 Å². The minimum Gasteiger partial charge on any atom is -0.120 e. The van der Waals surface area contributed by atoms with Gasteiger partial charge in [0.2, 0.25) is 0 Å². The Morgan fingerprint density at radius 2 is 1.83 bits per heavy atom. The molecule has 0 aromatic heterocycles. The molecule has 0 aliphatic heterocycles. The van der Waals surface area contributed by atoms with E-state index in [0.717, 1.165) is 5.56 Å². The SMILES string of the molecule is C#CC[C@@H](C#C)c1ccccc1. The van der Waals surface area contributed by atoms with E-state index in [0.29, 0.717) is 6.42 Å². The van der Waals surface area contributed by atoms with Crippen molar-refractivity contribution >= 4 is 0 Å². The van der Waals surface area contributed by atoms with Gasteiger partial charge in [-0.15, -0.1) is 18.8 Å². The summed E-state index contributed by atoms with van der Waals surface area (Å²) in [5, 5.41) is 0. The molecular weight excluding hydrogens is 144 g/mol. The lowest BCUT2D eigenvalue weighted by atomic mass is 9.97. The van der Waals surface area contributed by atoms with Crippen molar-refractivity contribution in [1.29, 1.82) is 0 Å². The molecule has 0 amide bonds. The predicted molar refractivity (Wildman–Crippen MR) is 51.5 cm³/mol. The quantitative estimate of drug-likeness (QED) is 0.574. The van der Waals surface area contributed by atoms with Gasteiger partial charge in [0.05, 0.1) is 5.92 Å². The Hall–Kier alpha value is -1.66. The van der Waals surface area contributed by atoms with Crippen molar-refractivity contribution in [2.45, 2.75) is 12.3 Å². The molecule has 12 heavy (non-hydrogen) atoms. The van der Waals surface area contributed by atoms with Crippen molar-refractivity contribution in [3.63, 3.8) is 0 Å². The standard InChI is InChI=1S/C12H10/c1-3-8-11(4-2)12-9-6-5-7-10-12/h1-2,5-7,9-11H,8H2/t11-/m1/s1. The normalized spacial score (nSPS) is 11.2. The number of hydrogen-bond acceptors (Lipinski definition) is 0. The maximum Gasteiger partial charge on any atom is 0.0558 e. The van der Waals surface area contributed by atoms with E-state index in [1.807, 2.05) is 30.3 Å². The van der Waals surface area contributed by atoms with Crippen LogP contribution in [0.5, 0.6) is 0 Å². The molecule has 58 valence electrons. The highest BCUT2D eigenvalue weighted by molar-refractivity contribution is 5.27. The zero-order chi connectivity index (χ0) is 8.81. The highest BCUT2D eigenvalue weighted by Crippen LogP contribution is 2.16. The summed E-state index contributed by atoms with van der Waals surface area (Å²) in [6.07, 6.45) is 11.2. The Bertz CT molecular complexity index is 308. The van der Waals surface area contributed by atoms with Crippen LogP contribution in [-0.4, -0.2) is 0 Å². The molecule has 0 fully saturated rings. The number of terminal acetylenes is 2. The summed E-state index contributed by atoms with van der Waals surface area (Å²) in [6, 6.07) is 9.91. The van der Waals surface area contributed by atoms with E-state index in [9.17, 15) is 0 Å².